The van der Waals surface area contributed by atoms with Crippen molar-refractivity contribution in [2.24, 2.45) is 5.92 Å². The van der Waals surface area contributed by atoms with Crippen molar-refractivity contribution in [2.75, 3.05) is 13.2 Å². The Kier molecular flexibility index (Phi) is 4.78. The summed E-state index contributed by atoms with van der Waals surface area (Å²) in [6.45, 7) is 10.2. The maximum absolute atomic E-state index is 5.32. The van der Waals surface area contributed by atoms with Crippen LogP contribution in [0.4, 0.5) is 0 Å². The van der Waals surface area contributed by atoms with Crippen LogP contribution in [0.5, 0.6) is 0 Å². The van der Waals surface area contributed by atoms with E-state index in [-0.39, 0.29) is 0 Å². The Morgan fingerprint density at radius 3 is 2.22 bits per heavy atom. The highest BCUT2D eigenvalue weighted by atomic mass is 16.5. The van der Waals surface area contributed by atoms with Crippen molar-refractivity contribution in [3.8, 4) is 0 Å². The highest BCUT2D eigenvalue weighted by molar-refractivity contribution is 4.75. The lowest BCUT2D eigenvalue weighted by Gasteiger charge is -2.07. The van der Waals surface area contributed by atoms with Crippen molar-refractivity contribution in [2.45, 2.75) is 27.7 Å². The summed E-state index contributed by atoms with van der Waals surface area (Å²) < 4.78 is 5.32. The highest BCUT2D eigenvalue weighted by Gasteiger charge is 1.95. The molecule has 0 aliphatic heterocycles. The van der Waals surface area contributed by atoms with Gasteiger partial charge in [0.25, 0.3) is 0 Å². The van der Waals surface area contributed by atoms with Crippen LogP contribution in [0.25, 0.3) is 0 Å². The molecule has 0 aromatic heterocycles. The predicted molar refractivity (Wildman–Crippen MR) is 40.2 cm³/mol. The first-order valence-electron chi connectivity index (χ1n) is 3.49. The van der Waals surface area contributed by atoms with Crippen LogP contribution in [-0.4, -0.2) is 13.2 Å². The second-order valence-electron chi connectivity index (χ2n) is 3.12. The van der Waals surface area contributed by atoms with Gasteiger partial charge in [0, 0.05) is 6.61 Å². The molecule has 9 heavy (non-hydrogen) atoms. The molecule has 1 nitrogen and oxygen atoms in total. The van der Waals surface area contributed by atoms with Gasteiger partial charge in [0.05, 0.1) is 6.61 Å². The van der Waals surface area contributed by atoms with Crippen molar-refractivity contribution in [3.63, 3.8) is 0 Å². The van der Waals surface area contributed by atoms with Crippen LogP contribution in [0.1, 0.15) is 27.7 Å². The van der Waals surface area contributed by atoms with E-state index in [0.717, 1.165) is 13.2 Å². The molecule has 0 aliphatic rings. The second-order valence-corrected chi connectivity index (χ2v) is 3.12. The molecule has 0 rings (SSSR count). The molecular weight excluding hydrogens is 112 g/mol. The molecule has 0 atom stereocenters. The Morgan fingerprint density at radius 2 is 1.89 bits per heavy atom. The smallest absolute Gasteiger partial charge is 0.0523 e. The third-order valence-electron chi connectivity index (χ3n) is 0.842. The number of hydrogen-bond donors (Lipinski definition) is 0. The molecule has 0 heterocycles. The lowest BCUT2D eigenvalue weighted by molar-refractivity contribution is 0.119. The van der Waals surface area contributed by atoms with Gasteiger partial charge in [0.2, 0.25) is 0 Å². The Labute approximate surface area is 58.4 Å². The van der Waals surface area contributed by atoms with Crippen LogP contribution >= 0.6 is 0 Å². The summed E-state index contributed by atoms with van der Waals surface area (Å²) in [5.74, 6) is 2.00. The van der Waals surface area contributed by atoms with Crippen molar-refractivity contribution in [1.29, 1.82) is 0 Å². The number of rotatable bonds is 4. The van der Waals surface area contributed by atoms with Crippen molar-refractivity contribution >= 4 is 0 Å². The predicted octanol–water partition coefficient (Wildman–Crippen LogP) is 2.27. The van der Waals surface area contributed by atoms with E-state index < -0.39 is 0 Å². The van der Waals surface area contributed by atoms with E-state index in [1.807, 2.05) is 0 Å². The number of ether oxygens (including phenoxy) is 1. The van der Waals surface area contributed by atoms with Crippen molar-refractivity contribution < 1.29 is 4.74 Å². The van der Waals surface area contributed by atoms with Crippen molar-refractivity contribution in [1.82, 2.24) is 0 Å². The molecule has 0 saturated heterocycles. The zero-order valence-electron chi connectivity index (χ0n) is 6.90. The molecule has 0 spiro atoms. The van der Waals surface area contributed by atoms with Crippen LogP contribution in [0, 0.1) is 11.8 Å². The quantitative estimate of drug-likeness (QED) is 0.565. The van der Waals surface area contributed by atoms with E-state index in [1.165, 1.54) is 5.92 Å². The van der Waals surface area contributed by atoms with Gasteiger partial charge in [-0.3, -0.25) is 0 Å². The minimum absolute atomic E-state index is 0.657. The standard InChI is InChI=1S/C8H17O/c1-7(2)5-9-6-8(3)4/h7H,5-6H2,1-4H3. The monoisotopic (exact) mass is 129 g/mol. The fourth-order valence-corrected chi connectivity index (χ4v) is 0.499. The van der Waals surface area contributed by atoms with Crippen LogP contribution in [0.3, 0.4) is 0 Å². The first kappa shape index (κ1) is 8.96. The van der Waals surface area contributed by atoms with Gasteiger partial charge in [-0.05, 0) is 11.8 Å². The van der Waals surface area contributed by atoms with Gasteiger partial charge in [-0.1, -0.05) is 27.7 Å². The largest absolute Gasteiger partial charge is 0.381 e. The molecule has 0 aromatic carbocycles. The molecule has 0 N–H and O–H groups in total. The SMILES string of the molecule is C[C](C)COCC(C)C. The summed E-state index contributed by atoms with van der Waals surface area (Å²) in [5, 5.41) is 0. The molecule has 0 aliphatic carbocycles. The topological polar surface area (TPSA) is 9.23 Å². The molecule has 0 aromatic rings. The molecule has 55 valence electrons. The Hall–Kier alpha value is -0.0400. The third kappa shape index (κ3) is 7.96. The summed E-state index contributed by atoms with van der Waals surface area (Å²) in [7, 11) is 0. The molecule has 1 radical (unpaired) electrons. The van der Waals surface area contributed by atoms with Crippen LogP contribution in [0.15, 0.2) is 0 Å². The Balaban J connectivity index is 2.91. The second kappa shape index (κ2) is 4.80. The zero-order valence-corrected chi connectivity index (χ0v) is 6.90. The van der Waals surface area contributed by atoms with Gasteiger partial charge in [-0.2, -0.15) is 0 Å². The van der Waals surface area contributed by atoms with Gasteiger partial charge < -0.3 is 4.74 Å². The normalized spacial score (nSPS) is 11.3. The summed E-state index contributed by atoms with van der Waals surface area (Å²) >= 11 is 0. The van der Waals surface area contributed by atoms with Gasteiger partial charge in [0.1, 0.15) is 0 Å². The molecule has 0 bridgehead atoms. The van der Waals surface area contributed by atoms with E-state index in [2.05, 4.69) is 27.7 Å². The van der Waals surface area contributed by atoms with Crippen LogP contribution in [0.2, 0.25) is 0 Å². The van der Waals surface area contributed by atoms with E-state index in [9.17, 15) is 0 Å². The Bertz CT molecular complexity index is 49.6. The zero-order chi connectivity index (χ0) is 7.28. The summed E-state index contributed by atoms with van der Waals surface area (Å²) in [6.07, 6.45) is 0. The highest BCUT2D eigenvalue weighted by Crippen LogP contribution is 1.98. The summed E-state index contributed by atoms with van der Waals surface area (Å²) in [4.78, 5) is 0. The fourth-order valence-electron chi connectivity index (χ4n) is 0.499. The van der Waals surface area contributed by atoms with Gasteiger partial charge in [-0.15, -0.1) is 0 Å². The third-order valence-corrected chi connectivity index (χ3v) is 0.842. The van der Waals surface area contributed by atoms with E-state index in [1.54, 1.807) is 0 Å². The lowest BCUT2D eigenvalue weighted by atomic mass is 10.2. The molecule has 0 amide bonds. The first-order chi connectivity index (χ1) is 4.13. The first-order valence-corrected chi connectivity index (χ1v) is 3.49. The fraction of sp³-hybridized carbons (Fsp3) is 0.875. The molecule has 0 saturated carbocycles. The minimum Gasteiger partial charge on any atom is -0.381 e. The maximum Gasteiger partial charge on any atom is 0.0523 e. The van der Waals surface area contributed by atoms with E-state index in [4.69, 9.17) is 4.74 Å². The van der Waals surface area contributed by atoms with Crippen LogP contribution < -0.4 is 0 Å². The van der Waals surface area contributed by atoms with Gasteiger partial charge in [-0.25, -0.2) is 0 Å². The molecular formula is C8H17O. The van der Waals surface area contributed by atoms with Gasteiger partial charge in [0.15, 0.2) is 0 Å². The van der Waals surface area contributed by atoms with Crippen LogP contribution in [-0.2, 0) is 4.74 Å². The number of hydrogen-bond acceptors (Lipinski definition) is 1. The molecule has 1 heteroatoms. The molecule has 0 fully saturated rings. The average Bonchev–Trinajstić information content (AvgIpc) is 1.63. The maximum atomic E-state index is 5.32. The summed E-state index contributed by atoms with van der Waals surface area (Å²) in [6, 6.07) is 0. The lowest BCUT2D eigenvalue weighted by Crippen LogP contribution is -2.05. The minimum atomic E-state index is 0.657. The van der Waals surface area contributed by atoms with Gasteiger partial charge >= 0.3 is 0 Å². The summed E-state index contributed by atoms with van der Waals surface area (Å²) in [5.41, 5.74) is 0. The Morgan fingerprint density at radius 1 is 1.33 bits per heavy atom. The van der Waals surface area contributed by atoms with E-state index in [0.29, 0.717) is 5.92 Å². The average molecular weight is 129 g/mol. The van der Waals surface area contributed by atoms with Crippen molar-refractivity contribution in [3.05, 3.63) is 5.92 Å². The van der Waals surface area contributed by atoms with E-state index >= 15 is 0 Å². The molecule has 0 unspecified atom stereocenters.